The molecule has 0 aliphatic rings. The van der Waals surface area contributed by atoms with E-state index >= 15 is 0 Å². The third-order valence-corrected chi connectivity index (χ3v) is 3.95. The van der Waals surface area contributed by atoms with Gasteiger partial charge in [0.1, 0.15) is 0 Å². The first kappa shape index (κ1) is 17.4. The maximum absolute atomic E-state index is 12.8. The zero-order valence-electron chi connectivity index (χ0n) is 14.3. The molecule has 0 aliphatic heterocycles. The van der Waals surface area contributed by atoms with Crippen molar-refractivity contribution in [1.29, 1.82) is 0 Å². The lowest BCUT2D eigenvalue weighted by Gasteiger charge is -2.22. The van der Waals surface area contributed by atoms with Crippen LogP contribution in [0.15, 0.2) is 91.0 Å². The lowest BCUT2D eigenvalue weighted by molar-refractivity contribution is -0.144. The SMILES string of the molecule is O=C(Nc1ccccc1)C(=O)N(Cc1ccccc1)Cc1ccccc1. The van der Waals surface area contributed by atoms with Gasteiger partial charge in [-0.05, 0) is 23.3 Å². The predicted molar refractivity (Wildman–Crippen MR) is 102 cm³/mol. The number of benzene rings is 3. The molecule has 0 bridgehead atoms. The summed E-state index contributed by atoms with van der Waals surface area (Å²) >= 11 is 0. The highest BCUT2D eigenvalue weighted by Crippen LogP contribution is 2.12. The Bertz CT molecular complexity index is 808. The average molecular weight is 344 g/mol. The van der Waals surface area contributed by atoms with Crippen molar-refractivity contribution in [2.45, 2.75) is 13.1 Å². The van der Waals surface area contributed by atoms with E-state index in [1.807, 2.05) is 78.9 Å². The Balaban J connectivity index is 1.77. The van der Waals surface area contributed by atoms with E-state index in [1.54, 1.807) is 17.0 Å². The van der Waals surface area contributed by atoms with Gasteiger partial charge in [-0.25, -0.2) is 0 Å². The van der Waals surface area contributed by atoms with Crippen molar-refractivity contribution in [3.05, 3.63) is 102 Å². The Kier molecular flexibility index (Phi) is 5.78. The van der Waals surface area contributed by atoms with Crippen molar-refractivity contribution in [3.8, 4) is 0 Å². The summed E-state index contributed by atoms with van der Waals surface area (Å²) in [7, 11) is 0. The molecule has 1 N–H and O–H groups in total. The molecule has 0 saturated heterocycles. The van der Waals surface area contributed by atoms with E-state index in [0.29, 0.717) is 18.8 Å². The molecular formula is C22H20N2O2. The Morgan fingerprint density at radius 2 is 1.08 bits per heavy atom. The number of hydrogen-bond donors (Lipinski definition) is 1. The number of nitrogens with one attached hydrogen (secondary N) is 1. The number of hydrogen-bond acceptors (Lipinski definition) is 2. The first-order valence-corrected chi connectivity index (χ1v) is 8.45. The topological polar surface area (TPSA) is 49.4 Å². The standard InChI is InChI=1S/C22H20N2O2/c25-21(23-20-14-8-3-9-15-20)22(26)24(16-18-10-4-1-5-11-18)17-19-12-6-2-7-13-19/h1-15H,16-17H2,(H,23,25). The molecule has 130 valence electrons. The smallest absolute Gasteiger partial charge is 0.313 e. The van der Waals surface area contributed by atoms with Crippen LogP contribution in [0.3, 0.4) is 0 Å². The second kappa shape index (κ2) is 8.62. The summed E-state index contributed by atoms with van der Waals surface area (Å²) in [5, 5.41) is 2.66. The average Bonchev–Trinajstić information content (AvgIpc) is 2.69. The fraction of sp³-hybridized carbons (Fsp3) is 0.0909. The van der Waals surface area contributed by atoms with Gasteiger partial charge in [-0.15, -0.1) is 0 Å². The third kappa shape index (κ3) is 4.80. The minimum atomic E-state index is -0.636. The molecule has 0 fully saturated rings. The van der Waals surface area contributed by atoms with Crippen LogP contribution in [-0.4, -0.2) is 16.7 Å². The van der Waals surface area contributed by atoms with E-state index in [1.165, 1.54) is 0 Å². The van der Waals surface area contributed by atoms with Crippen molar-refractivity contribution >= 4 is 17.5 Å². The molecule has 0 heterocycles. The van der Waals surface area contributed by atoms with Crippen molar-refractivity contribution < 1.29 is 9.59 Å². The molecule has 0 spiro atoms. The van der Waals surface area contributed by atoms with E-state index in [4.69, 9.17) is 0 Å². The first-order chi connectivity index (χ1) is 12.7. The summed E-state index contributed by atoms with van der Waals surface area (Å²) in [6.07, 6.45) is 0. The molecule has 0 atom stereocenters. The molecule has 0 aromatic heterocycles. The van der Waals surface area contributed by atoms with Crippen LogP contribution in [0.25, 0.3) is 0 Å². The van der Waals surface area contributed by atoms with Crippen LogP contribution < -0.4 is 5.32 Å². The summed E-state index contributed by atoms with van der Waals surface area (Å²) in [4.78, 5) is 26.8. The molecule has 0 aliphatic carbocycles. The summed E-state index contributed by atoms with van der Waals surface area (Å²) in [5.74, 6) is -1.19. The van der Waals surface area contributed by atoms with Crippen molar-refractivity contribution in [1.82, 2.24) is 4.90 Å². The normalized spacial score (nSPS) is 10.2. The fourth-order valence-electron chi connectivity index (χ4n) is 2.66. The van der Waals surface area contributed by atoms with E-state index in [2.05, 4.69) is 5.32 Å². The Hall–Kier alpha value is -3.40. The van der Waals surface area contributed by atoms with E-state index in [9.17, 15) is 9.59 Å². The van der Waals surface area contributed by atoms with E-state index in [-0.39, 0.29) is 0 Å². The van der Waals surface area contributed by atoms with Crippen LogP contribution in [0, 0.1) is 0 Å². The van der Waals surface area contributed by atoms with Gasteiger partial charge in [-0.3, -0.25) is 9.59 Å². The molecule has 0 radical (unpaired) electrons. The number of para-hydroxylation sites is 1. The van der Waals surface area contributed by atoms with Gasteiger partial charge in [0, 0.05) is 18.8 Å². The molecular weight excluding hydrogens is 324 g/mol. The van der Waals surface area contributed by atoms with Gasteiger partial charge >= 0.3 is 11.8 Å². The van der Waals surface area contributed by atoms with Gasteiger partial charge < -0.3 is 10.2 Å². The van der Waals surface area contributed by atoms with E-state index in [0.717, 1.165) is 11.1 Å². The first-order valence-electron chi connectivity index (χ1n) is 8.45. The van der Waals surface area contributed by atoms with E-state index < -0.39 is 11.8 Å². The quantitative estimate of drug-likeness (QED) is 0.715. The number of carbonyl (C=O) groups excluding carboxylic acids is 2. The Labute approximate surface area is 153 Å². The number of rotatable bonds is 5. The van der Waals surface area contributed by atoms with Gasteiger partial charge in [-0.1, -0.05) is 78.9 Å². The predicted octanol–water partition coefficient (Wildman–Crippen LogP) is 3.85. The molecule has 3 rings (SSSR count). The van der Waals surface area contributed by atoms with Crippen LogP contribution in [-0.2, 0) is 22.7 Å². The molecule has 2 amide bonds. The highest BCUT2D eigenvalue weighted by Gasteiger charge is 2.22. The fourth-order valence-corrected chi connectivity index (χ4v) is 2.66. The second-order valence-electron chi connectivity index (χ2n) is 5.95. The van der Waals surface area contributed by atoms with Crippen LogP contribution in [0.2, 0.25) is 0 Å². The van der Waals surface area contributed by atoms with Crippen molar-refractivity contribution in [2.75, 3.05) is 5.32 Å². The number of nitrogens with zero attached hydrogens (tertiary/aromatic N) is 1. The van der Waals surface area contributed by atoms with Crippen molar-refractivity contribution in [2.24, 2.45) is 0 Å². The Morgan fingerprint density at radius 3 is 1.54 bits per heavy atom. The summed E-state index contributed by atoms with van der Waals surface area (Å²) < 4.78 is 0. The Morgan fingerprint density at radius 1 is 0.654 bits per heavy atom. The highest BCUT2D eigenvalue weighted by atomic mass is 16.2. The lowest BCUT2D eigenvalue weighted by Crippen LogP contribution is -2.38. The largest absolute Gasteiger partial charge is 0.326 e. The van der Waals surface area contributed by atoms with Crippen LogP contribution in [0.4, 0.5) is 5.69 Å². The number of carbonyl (C=O) groups is 2. The third-order valence-electron chi connectivity index (χ3n) is 3.95. The maximum atomic E-state index is 12.8. The van der Waals surface area contributed by atoms with Gasteiger partial charge in [0.05, 0.1) is 0 Å². The molecule has 3 aromatic carbocycles. The lowest BCUT2D eigenvalue weighted by atomic mass is 10.1. The van der Waals surface area contributed by atoms with Crippen LogP contribution in [0.5, 0.6) is 0 Å². The second-order valence-corrected chi connectivity index (χ2v) is 5.95. The number of amides is 2. The number of anilines is 1. The van der Waals surface area contributed by atoms with Gasteiger partial charge in [0.15, 0.2) is 0 Å². The van der Waals surface area contributed by atoms with Crippen LogP contribution in [0.1, 0.15) is 11.1 Å². The molecule has 4 nitrogen and oxygen atoms in total. The van der Waals surface area contributed by atoms with Gasteiger partial charge in [0.2, 0.25) is 0 Å². The summed E-state index contributed by atoms with van der Waals surface area (Å²) in [6, 6.07) is 28.3. The molecule has 0 unspecified atom stereocenters. The zero-order chi connectivity index (χ0) is 18.2. The van der Waals surface area contributed by atoms with Gasteiger partial charge in [0.25, 0.3) is 0 Å². The van der Waals surface area contributed by atoms with Gasteiger partial charge in [-0.2, -0.15) is 0 Å². The minimum absolute atomic E-state index is 0.372. The molecule has 0 saturated carbocycles. The van der Waals surface area contributed by atoms with Crippen molar-refractivity contribution in [3.63, 3.8) is 0 Å². The molecule has 26 heavy (non-hydrogen) atoms. The molecule has 3 aromatic rings. The van der Waals surface area contributed by atoms with Crippen LogP contribution >= 0.6 is 0 Å². The monoisotopic (exact) mass is 344 g/mol. The maximum Gasteiger partial charge on any atom is 0.313 e. The molecule has 4 heteroatoms. The highest BCUT2D eigenvalue weighted by molar-refractivity contribution is 6.39. The minimum Gasteiger partial charge on any atom is -0.326 e. The zero-order valence-corrected chi connectivity index (χ0v) is 14.3. The summed E-state index contributed by atoms with van der Waals surface area (Å²) in [6.45, 7) is 0.744. The summed E-state index contributed by atoms with van der Waals surface area (Å²) in [5.41, 5.74) is 2.55.